The van der Waals surface area contributed by atoms with Crippen molar-refractivity contribution in [3.63, 3.8) is 0 Å². The Bertz CT molecular complexity index is 513. The summed E-state index contributed by atoms with van der Waals surface area (Å²) >= 11 is 0. The Morgan fingerprint density at radius 3 is 2.00 bits per heavy atom. The van der Waals surface area contributed by atoms with Gasteiger partial charge < -0.3 is 5.21 Å². The van der Waals surface area contributed by atoms with Gasteiger partial charge in [-0.3, -0.25) is 4.57 Å². The first-order valence-corrected chi connectivity index (χ1v) is 7.24. The van der Waals surface area contributed by atoms with Gasteiger partial charge in [-0.25, -0.2) is 0 Å². The molecule has 0 bridgehead atoms. The normalized spacial score (nSPS) is 14.2. The number of rotatable bonds is 4. The lowest BCUT2D eigenvalue weighted by Crippen LogP contribution is -2.17. The van der Waals surface area contributed by atoms with Gasteiger partial charge >= 0.3 is 0 Å². The summed E-state index contributed by atoms with van der Waals surface area (Å²) in [5, 5.41) is 11.8. The monoisotopic (exact) mass is 247 g/mol. The van der Waals surface area contributed by atoms with Crippen molar-refractivity contribution < 1.29 is 9.77 Å². The molecule has 0 amide bonds. The molecule has 17 heavy (non-hydrogen) atoms. The van der Waals surface area contributed by atoms with Crippen LogP contribution in [0, 0.1) is 0 Å². The summed E-state index contributed by atoms with van der Waals surface area (Å²) in [5.74, 6) is 0. The van der Waals surface area contributed by atoms with Crippen LogP contribution in [0.5, 0.6) is 0 Å². The van der Waals surface area contributed by atoms with Crippen molar-refractivity contribution in [3.05, 3.63) is 66.2 Å². The van der Waals surface area contributed by atoms with E-state index < -0.39 is 7.29 Å². The van der Waals surface area contributed by atoms with Gasteiger partial charge in [0.2, 0.25) is 7.29 Å². The zero-order chi connectivity index (χ0) is 12.1. The molecule has 0 radical (unpaired) electrons. The SMILES string of the molecule is O=P(Cc1ccccc1)(NO)c1ccccc1. The lowest BCUT2D eigenvalue weighted by molar-refractivity contribution is 0.242. The highest BCUT2D eigenvalue weighted by molar-refractivity contribution is 7.68. The smallest absolute Gasteiger partial charge is 0.202 e. The third kappa shape index (κ3) is 2.83. The van der Waals surface area contributed by atoms with E-state index in [1.807, 2.05) is 53.8 Å². The van der Waals surface area contributed by atoms with Gasteiger partial charge in [0.1, 0.15) is 0 Å². The molecular weight excluding hydrogens is 233 g/mol. The zero-order valence-electron chi connectivity index (χ0n) is 9.28. The average molecular weight is 247 g/mol. The molecular formula is C13H14NO2P. The lowest BCUT2D eigenvalue weighted by Gasteiger charge is -2.16. The van der Waals surface area contributed by atoms with Gasteiger partial charge in [-0.05, 0) is 5.56 Å². The maximum absolute atomic E-state index is 12.6. The Kier molecular flexibility index (Phi) is 3.75. The maximum Gasteiger partial charge on any atom is 0.202 e. The second kappa shape index (κ2) is 5.28. The first-order chi connectivity index (χ1) is 8.24. The second-order valence-corrected chi connectivity index (χ2v) is 6.33. The molecule has 88 valence electrons. The fraction of sp³-hybridized carbons (Fsp3) is 0.0769. The summed E-state index contributed by atoms with van der Waals surface area (Å²) in [4.78, 5) is 0. The van der Waals surface area contributed by atoms with E-state index in [1.54, 1.807) is 12.1 Å². The molecule has 0 aromatic heterocycles. The Hall–Kier alpha value is -1.41. The molecule has 0 aliphatic carbocycles. The molecule has 0 saturated carbocycles. The molecule has 1 atom stereocenters. The number of nitrogens with one attached hydrogen (secondary N) is 1. The van der Waals surface area contributed by atoms with E-state index >= 15 is 0 Å². The van der Waals surface area contributed by atoms with Crippen LogP contribution in [0.2, 0.25) is 0 Å². The molecule has 0 spiro atoms. The summed E-state index contributed by atoms with van der Waals surface area (Å²) in [6.45, 7) is 0. The third-order valence-electron chi connectivity index (χ3n) is 2.58. The third-order valence-corrected chi connectivity index (χ3v) is 4.85. The average Bonchev–Trinajstić information content (AvgIpc) is 2.41. The van der Waals surface area contributed by atoms with E-state index in [1.165, 1.54) is 0 Å². The Balaban J connectivity index is 2.30. The van der Waals surface area contributed by atoms with Gasteiger partial charge in [0.25, 0.3) is 0 Å². The number of hydrogen-bond donors (Lipinski definition) is 2. The van der Waals surface area contributed by atoms with E-state index in [0.29, 0.717) is 11.5 Å². The molecule has 2 aromatic carbocycles. The van der Waals surface area contributed by atoms with Crippen molar-refractivity contribution in [1.82, 2.24) is 5.25 Å². The van der Waals surface area contributed by atoms with E-state index in [4.69, 9.17) is 0 Å². The predicted octanol–water partition coefficient (Wildman–Crippen LogP) is 2.77. The number of hydrogen-bond acceptors (Lipinski definition) is 2. The molecule has 0 aliphatic rings. The van der Waals surface area contributed by atoms with Gasteiger partial charge in [-0.1, -0.05) is 60.7 Å². The summed E-state index contributed by atoms with van der Waals surface area (Å²) in [5.41, 5.74) is 0.932. The first kappa shape index (κ1) is 12.1. The fourth-order valence-electron chi connectivity index (χ4n) is 1.69. The first-order valence-electron chi connectivity index (χ1n) is 5.34. The van der Waals surface area contributed by atoms with E-state index in [-0.39, 0.29) is 0 Å². The van der Waals surface area contributed by atoms with Crippen LogP contribution in [-0.4, -0.2) is 5.21 Å². The lowest BCUT2D eigenvalue weighted by atomic mass is 10.2. The highest BCUT2D eigenvalue weighted by Gasteiger charge is 2.23. The molecule has 0 fully saturated rings. The molecule has 0 saturated heterocycles. The molecule has 0 heterocycles. The minimum absolute atomic E-state index is 0.300. The van der Waals surface area contributed by atoms with Crippen LogP contribution >= 0.6 is 7.29 Å². The van der Waals surface area contributed by atoms with Crippen molar-refractivity contribution in [2.24, 2.45) is 0 Å². The highest BCUT2D eigenvalue weighted by Crippen LogP contribution is 2.42. The van der Waals surface area contributed by atoms with Gasteiger partial charge in [0.05, 0.1) is 0 Å². The molecule has 1 unspecified atom stereocenters. The topological polar surface area (TPSA) is 49.3 Å². The fourth-order valence-corrected chi connectivity index (χ4v) is 3.44. The van der Waals surface area contributed by atoms with Gasteiger partial charge in [-0.15, -0.1) is 5.25 Å². The minimum Gasteiger partial charge on any atom is -0.310 e. The summed E-state index contributed by atoms with van der Waals surface area (Å²) in [6.07, 6.45) is 0.300. The standard InChI is InChI=1S/C13H14NO2P/c15-14-17(16,13-9-5-2-6-10-13)11-12-7-3-1-4-8-12/h1-10,15H,11H2,(H,14,16). The molecule has 2 aromatic rings. The molecule has 3 nitrogen and oxygen atoms in total. The van der Waals surface area contributed by atoms with Gasteiger partial charge in [0.15, 0.2) is 0 Å². The van der Waals surface area contributed by atoms with E-state index in [2.05, 4.69) is 0 Å². The number of benzene rings is 2. The maximum atomic E-state index is 12.6. The molecule has 4 heteroatoms. The van der Waals surface area contributed by atoms with Crippen molar-refractivity contribution in [2.75, 3.05) is 0 Å². The van der Waals surface area contributed by atoms with Crippen LogP contribution in [0.1, 0.15) is 5.56 Å². The van der Waals surface area contributed by atoms with Crippen LogP contribution in [0.3, 0.4) is 0 Å². The van der Waals surface area contributed by atoms with Crippen LogP contribution in [0.25, 0.3) is 0 Å². The van der Waals surface area contributed by atoms with Crippen molar-refractivity contribution >= 4 is 12.6 Å². The Morgan fingerprint density at radius 1 is 0.941 bits per heavy atom. The van der Waals surface area contributed by atoms with Gasteiger partial charge in [0, 0.05) is 11.5 Å². The second-order valence-electron chi connectivity index (χ2n) is 3.82. The largest absolute Gasteiger partial charge is 0.310 e. The van der Waals surface area contributed by atoms with Gasteiger partial charge in [-0.2, -0.15) is 0 Å². The van der Waals surface area contributed by atoms with Crippen molar-refractivity contribution in [3.8, 4) is 0 Å². The van der Waals surface area contributed by atoms with E-state index in [0.717, 1.165) is 5.56 Å². The molecule has 2 N–H and O–H groups in total. The summed E-state index contributed by atoms with van der Waals surface area (Å²) in [7, 11) is -2.97. The quantitative estimate of drug-likeness (QED) is 0.645. The Labute approximate surface area is 100 Å². The molecule has 2 rings (SSSR count). The van der Waals surface area contributed by atoms with Crippen LogP contribution in [0.4, 0.5) is 0 Å². The summed E-state index contributed by atoms with van der Waals surface area (Å²) < 4.78 is 12.6. The van der Waals surface area contributed by atoms with Crippen molar-refractivity contribution in [2.45, 2.75) is 6.16 Å². The van der Waals surface area contributed by atoms with Crippen LogP contribution in [-0.2, 0) is 10.7 Å². The highest BCUT2D eigenvalue weighted by atomic mass is 31.2. The van der Waals surface area contributed by atoms with Crippen LogP contribution < -0.4 is 10.6 Å². The van der Waals surface area contributed by atoms with E-state index in [9.17, 15) is 9.77 Å². The summed E-state index contributed by atoms with van der Waals surface area (Å²) in [6, 6.07) is 18.5. The Morgan fingerprint density at radius 2 is 1.47 bits per heavy atom. The molecule has 0 aliphatic heterocycles. The predicted molar refractivity (Wildman–Crippen MR) is 68.8 cm³/mol. The van der Waals surface area contributed by atoms with Crippen molar-refractivity contribution in [1.29, 1.82) is 0 Å². The van der Waals surface area contributed by atoms with Crippen LogP contribution in [0.15, 0.2) is 60.7 Å². The minimum atomic E-state index is -2.97. The zero-order valence-corrected chi connectivity index (χ0v) is 10.2.